The molecule has 2 rings (SSSR count). The molecule has 2 nitrogen and oxygen atoms in total. The summed E-state index contributed by atoms with van der Waals surface area (Å²) in [5.74, 6) is 0. The predicted molar refractivity (Wildman–Crippen MR) is 81.5 cm³/mol. The van der Waals surface area contributed by atoms with Gasteiger partial charge in [-0.25, -0.2) is 0 Å². The standard InChI is InChI=1S/C17H18N2/c1-3-7-15(11-18-2)17-10-16(12-19-13-17)14-8-5-4-6-9-14/h3-13,18H,1-2H3/b7-3-,15-11+. The number of nitrogens with one attached hydrogen (secondary N) is 1. The summed E-state index contributed by atoms with van der Waals surface area (Å²) in [4.78, 5) is 4.34. The van der Waals surface area contributed by atoms with Crippen molar-refractivity contribution in [3.8, 4) is 11.1 Å². The summed E-state index contributed by atoms with van der Waals surface area (Å²) >= 11 is 0. The predicted octanol–water partition coefficient (Wildman–Crippen LogP) is 3.89. The first-order valence-electron chi connectivity index (χ1n) is 6.36. The summed E-state index contributed by atoms with van der Waals surface area (Å²) in [6.07, 6.45) is 9.85. The molecule has 0 aliphatic carbocycles. The third-order valence-electron chi connectivity index (χ3n) is 2.82. The molecule has 0 fully saturated rings. The van der Waals surface area contributed by atoms with Gasteiger partial charge in [-0.2, -0.15) is 0 Å². The van der Waals surface area contributed by atoms with Gasteiger partial charge < -0.3 is 5.32 Å². The molecular formula is C17H18N2. The number of rotatable bonds is 4. The maximum absolute atomic E-state index is 4.34. The highest BCUT2D eigenvalue weighted by atomic mass is 14.8. The lowest BCUT2D eigenvalue weighted by molar-refractivity contribution is 1.11. The zero-order chi connectivity index (χ0) is 13.5. The van der Waals surface area contributed by atoms with Crippen LogP contribution >= 0.6 is 0 Å². The molecular weight excluding hydrogens is 232 g/mol. The molecule has 1 aromatic heterocycles. The first-order valence-corrected chi connectivity index (χ1v) is 6.36. The Balaban J connectivity index is 2.42. The fourth-order valence-corrected chi connectivity index (χ4v) is 1.95. The van der Waals surface area contributed by atoms with E-state index in [2.05, 4.69) is 34.6 Å². The average molecular weight is 250 g/mol. The molecule has 0 aliphatic heterocycles. The Kier molecular flexibility index (Phi) is 4.51. The van der Waals surface area contributed by atoms with Crippen LogP contribution in [0, 0.1) is 0 Å². The molecule has 2 heteroatoms. The van der Waals surface area contributed by atoms with E-state index in [0.29, 0.717) is 0 Å². The maximum atomic E-state index is 4.34. The number of hydrogen-bond acceptors (Lipinski definition) is 2. The van der Waals surface area contributed by atoms with Gasteiger partial charge in [-0.05, 0) is 24.1 Å². The van der Waals surface area contributed by atoms with Crippen molar-refractivity contribution in [2.75, 3.05) is 7.05 Å². The highest BCUT2D eigenvalue weighted by molar-refractivity contribution is 5.76. The number of benzene rings is 1. The maximum Gasteiger partial charge on any atom is 0.0347 e. The van der Waals surface area contributed by atoms with Crippen LogP contribution < -0.4 is 5.32 Å². The van der Waals surface area contributed by atoms with Crippen molar-refractivity contribution in [1.29, 1.82) is 0 Å². The Hall–Kier alpha value is -2.35. The molecule has 0 aliphatic rings. The van der Waals surface area contributed by atoms with Crippen LogP contribution in [0.25, 0.3) is 16.7 Å². The Labute approximate surface area is 114 Å². The van der Waals surface area contributed by atoms with Gasteiger partial charge in [-0.1, -0.05) is 42.5 Å². The highest BCUT2D eigenvalue weighted by Crippen LogP contribution is 2.22. The molecule has 0 bridgehead atoms. The SMILES string of the molecule is C/C=C\C(=C/NC)c1cncc(-c2ccccc2)c1. The second-order valence-corrected chi connectivity index (χ2v) is 4.22. The van der Waals surface area contributed by atoms with Crippen LogP contribution in [0.4, 0.5) is 0 Å². The molecule has 1 heterocycles. The van der Waals surface area contributed by atoms with Gasteiger partial charge in [0.15, 0.2) is 0 Å². The lowest BCUT2D eigenvalue weighted by Crippen LogP contribution is -1.95. The molecule has 0 saturated heterocycles. The van der Waals surface area contributed by atoms with Gasteiger partial charge in [0.05, 0.1) is 0 Å². The molecule has 0 atom stereocenters. The number of aromatic nitrogens is 1. The minimum atomic E-state index is 1.11. The smallest absolute Gasteiger partial charge is 0.0347 e. The Bertz CT molecular complexity index is 583. The fourth-order valence-electron chi connectivity index (χ4n) is 1.95. The quantitative estimate of drug-likeness (QED) is 0.833. The van der Waals surface area contributed by atoms with E-state index >= 15 is 0 Å². The molecule has 0 amide bonds. The molecule has 1 N–H and O–H groups in total. The van der Waals surface area contributed by atoms with E-state index in [9.17, 15) is 0 Å². The van der Waals surface area contributed by atoms with E-state index in [1.807, 2.05) is 56.8 Å². The van der Waals surface area contributed by atoms with Crippen LogP contribution in [0.1, 0.15) is 12.5 Å². The van der Waals surface area contributed by atoms with Crippen LogP contribution in [0.3, 0.4) is 0 Å². The van der Waals surface area contributed by atoms with Crippen LogP contribution in [-0.2, 0) is 0 Å². The zero-order valence-electron chi connectivity index (χ0n) is 11.3. The lowest BCUT2D eigenvalue weighted by atomic mass is 10.0. The minimum Gasteiger partial charge on any atom is -0.393 e. The van der Waals surface area contributed by atoms with Crippen molar-refractivity contribution in [3.05, 3.63) is 72.7 Å². The third kappa shape index (κ3) is 3.32. The van der Waals surface area contributed by atoms with Crippen molar-refractivity contribution < 1.29 is 0 Å². The zero-order valence-corrected chi connectivity index (χ0v) is 11.3. The Morgan fingerprint density at radius 2 is 1.89 bits per heavy atom. The minimum absolute atomic E-state index is 1.11. The van der Waals surface area contributed by atoms with Gasteiger partial charge in [-0.15, -0.1) is 0 Å². The fraction of sp³-hybridized carbons (Fsp3) is 0.118. The Morgan fingerprint density at radius 1 is 1.11 bits per heavy atom. The normalized spacial score (nSPS) is 11.8. The molecule has 0 unspecified atom stereocenters. The van der Waals surface area contributed by atoms with Crippen molar-refractivity contribution in [2.45, 2.75) is 6.92 Å². The second-order valence-electron chi connectivity index (χ2n) is 4.22. The Morgan fingerprint density at radius 3 is 2.58 bits per heavy atom. The summed E-state index contributed by atoms with van der Waals surface area (Å²) in [6, 6.07) is 12.4. The van der Waals surface area contributed by atoms with Gasteiger partial charge in [-0.3, -0.25) is 4.98 Å². The van der Waals surface area contributed by atoms with Crippen LogP contribution in [-0.4, -0.2) is 12.0 Å². The summed E-state index contributed by atoms with van der Waals surface area (Å²) in [5, 5.41) is 3.07. The first-order chi connectivity index (χ1) is 9.35. The van der Waals surface area contributed by atoms with Crippen LogP contribution in [0.2, 0.25) is 0 Å². The van der Waals surface area contributed by atoms with Gasteiger partial charge in [0.1, 0.15) is 0 Å². The molecule has 0 radical (unpaired) electrons. The molecule has 0 saturated carbocycles. The van der Waals surface area contributed by atoms with Crippen LogP contribution in [0.5, 0.6) is 0 Å². The second kappa shape index (κ2) is 6.55. The van der Waals surface area contributed by atoms with Crippen molar-refractivity contribution in [2.24, 2.45) is 0 Å². The molecule has 19 heavy (non-hydrogen) atoms. The molecule has 0 spiro atoms. The monoisotopic (exact) mass is 250 g/mol. The highest BCUT2D eigenvalue weighted by Gasteiger charge is 2.02. The van der Waals surface area contributed by atoms with Gasteiger partial charge in [0.2, 0.25) is 0 Å². The van der Waals surface area contributed by atoms with Crippen molar-refractivity contribution in [1.82, 2.24) is 10.3 Å². The van der Waals surface area contributed by atoms with Crippen LogP contribution in [0.15, 0.2) is 67.1 Å². The van der Waals surface area contributed by atoms with E-state index < -0.39 is 0 Å². The average Bonchev–Trinajstić information content (AvgIpc) is 2.48. The van der Waals surface area contributed by atoms with Crippen molar-refractivity contribution >= 4 is 5.57 Å². The summed E-state index contributed by atoms with van der Waals surface area (Å²) in [7, 11) is 1.90. The molecule has 2 aromatic rings. The van der Waals surface area contributed by atoms with E-state index in [1.54, 1.807) is 0 Å². The number of pyridine rings is 1. The van der Waals surface area contributed by atoms with Gasteiger partial charge >= 0.3 is 0 Å². The molecule has 96 valence electrons. The largest absolute Gasteiger partial charge is 0.393 e. The first kappa shape index (κ1) is 13.1. The van der Waals surface area contributed by atoms with E-state index in [1.165, 1.54) is 5.56 Å². The molecule has 1 aromatic carbocycles. The third-order valence-corrected chi connectivity index (χ3v) is 2.82. The number of allylic oxidation sites excluding steroid dienone is 3. The lowest BCUT2D eigenvalue weighted by Gasteiger charge is -2.06. The van der Waals surface area contributed by atoms with Gasteiger partial charge in [0.25, 0.3) is 0 Å². The van der Waals surface area contributed by atoms with E-state index in [-0.39, 0.29) is 0 Å². The van der Waals surface area contributed by atoms with E-state index in [0.717, 1.165) is 16.7 Å². The number of hydrogen-bond donors (Lipinski definition) is 1. The summed E-state index contributed by atoms with van der Waals surface area (Å²) < 4.78 is 0. The van der Waals surface area contributed by atoms with Crippen molar-refractivity contribution in [3.63, 3.8) is 0 Å². The van der Waals surface area contributed by atoms with E-state index in [4.69, 9.17) is 0 Å². The van der Waals surface area contributed by atoms with Gasteiger partial charge in [0, 0.05) is 36.8 Å². The summed E-state index contributed by atoms with van der Waals surface area (Å²) in [5.41, 5.74) is 4.54. The topological polar surface area (TPSA) is 24.9 Å². The summed E-state index contributed by atoms with van der Waals surface area (Å²) in [6.45, 7) is 2.01. The number of nitrogens with zero attached hydrogens (tertiary/aromatic N) is 1.